The number of hydrogen-bond donors (Lipinski definition) is 2. The van der Waals surface area contributed by atoms with Gasteiger partial charge in [-0.1, -0.05) is 36.4 Å². The summed E-state index contributed by atoms with van der Waals surface area (Å²) in [5.41, 5.74) is 2.29. The molecular formula is C24H18N4O3S. The highest BCUT2D eigenvalue weighted by Gasteiger charge is 2.16. The molecule has 3 aromatic carbocycles. The molecule has 0 saturated carbocycles. The van der Waals surface area contributed by atoms with Crippen LogP contribution in [0.1, 0.15) is 21.5 Å². The van der Waals surface area contributed by atoms with Crippen LogP contribution in [0.25, 0.3) is 10.8 Å². The zero-order valence-corrected chi connectivity index (χ0v) is 17.6. The Hall–Kier alpha value is -4.22. The van der Waals surface area contributed by atoms with Crippen molar-refractivity contribution >= 4 is 32.4 Å². The molecule has 7 nitrogen and oxygen atoms in total. The normalized spacial score (nSPS) is 11.0. The van der Waals surface area contributed by atoms with Crippen molar-refractivity contribution < 1.29 is 13.2 Å². The number of sulfonamides is 1. The van der Waals surface area contributed by atoms with E-state index in [0.29, 0.717) is 28.7 Å². The maximum atomic E-state index is 12.8. The molecule has 4 rings (SSSR count). The van der Waals surface area contributed by atoms with E-state index in [4.69, 9.17) is 5.26 Å². The fraction of sp³-hybridized carbons (Fsp3) is 0.0417. The number of nitrogens with zero attached hydrogens (tertiary/aromatic N) is 2. The fourth-order valence-corrected chi connectivity index (χ4v) is 4.23. The molecule has 4 aromatic rings. The number of rotatable bonds is 6. The third kappa shape index (κ3) is 4.58. The van der Waals surface area contributed by atoms with Gasteiger partial charge in [0, 0.05) is 24.0 Å². The van der Waals surface area contributed by atoms with Crippen molar-refractivity contribution in [2.75, 3.05) is 4.72 Å². The minimum atomic E-state index is -3.81. The summed E-state index contributed by atoms with van der Waals surface area (Å²) >= 11 is 0. The van der Waals surface area contributed by atoms with Gasteiger partial charge >= 0.3 is 0 Å². The Morgan fingerprint density at radius 3 is 2.50 bits per heavy atom. The van der Waals surface area contributed by atoms with Crippen LogP contribution in [0.3, 0.4) is 0 Å². The predicted octanol–water partition coefficient (Wildman–Crippen LogP) is 3.84. The number of nitrogens with one attached hydrogen (secondary N) is 2. The first kappa shape index (κ1) is 21.0. The topological polar surface area (TPSA) is 112 Å². The lowest BCUT2D eigenvalue weighted by molar-refractivity contribution is 0.0952. The molecule has 0 aliphatic carbocycles. The van der Waals surface area contributed by atoms with Crippen LogP contribution >= 0.6 is 0 Å². The monoisotopic (exact) mass is 442 g/mol. The zero-order chi connectivity index (χ0) is 22.6. The third-order valence-corrected chi connectivity index (χ3v) is 6.12. The number of carbonyl (C=O) groups excluding carboxylic acids is 1. The van der Waals surface area contributed by atoms with E-state index >= 15 is 0 Å². The minimum Gasteiger partial charge on any atom is -0.348 e. The Morgan fingerprint density at radius 1 is 0.969 bits per heavy atom. The molecule has 0 radical (unpaired) electrons. The van der Waals surface area contributed by atoms with Crippen LogP contribution in [-0.4, -0.2) is 19.3 Å². The molecule has 1 amide bonds. The Bertz CT molecular complexity index is 1430. The average Bonchev–Trinajstić information content (AvgIpc) is 2.82. The van der Waals surface area contributed by atoms with Crippen molar-refractivity contribution in [3.8, 4) is 6.07 Å². The molecule has 158 valence electrons. The minimum absolute atomic E-state index is 0.0731. The maximum Gasteiger partial charge on any atom is 0.279 e. The number of carbonyl (C=O) groups is 1. The van der Waals surface area contributed by atoms with Crippen molar-refractivity contribution in [3.05, 3.63) is 102 Å². The molecule has 0 atom stereocenters. The molecule has 0 aliphatic heterocycles. The van der Waals surface area contributed by atoms with E-state index in [2.05, 4.69) is 21.1 Å². The smallest absolute Gasteiger partial charge is 0.279 e. The second-order valence-electron chi connectivity index (χ2n) is 7.01. The van der Waals surface area contributed by atoms with Crippen LogP contribution in [0.2, 0.25) is 0 Å². The van der Waals surface area contributed by atoms with E-state index in [1.165, 1.54) is 12.3 Å². The van der Waals surface area contributed by atoms with E-state index in [9.17, 15) is 13.2 Å². The lowest BCUT2D eigenvalue weighted by Gasteiger charge is -2.11. The van der Waals surface area contributed by atoms with Crippen LogP contribution in [0, 0.1) is 11.3 Å². The molecule has 2 N–H and O–H groups in total. The van der Waals surface area contributed by atoms with Gasteiger partial charge < -0.3 is 5.32 Å². The molecule has 32 heavy (non-hydrogen) atoms. The van der Waals surface area contributed by atoms with Crippen LogP contribution in [-0.2, 0) is 16.6 Å². The highest BCUT2D eigenvalue weighted by Crippen LogP contribution is 2.24. The maximum absolute atomic E-state index is 12.8. The molecule has 8 heteroatoms. The SMILES string of the molecule is N#Cc1ccc(CNC(=O)c2cccc3cc(NS(=O)(=O)c4ccccn4)ccc23)cc1. The van der Waals surface area contributed by atoms with Gasteiger partial charge in [-0.25, -0.2) is 4.98 Å². The fourth-order valence-electron chi connectivity index (χ4n) is 3.23. The van der Waals surface area contributed by atoms with Crippen molar-refractivity contribution in [3.63, 3.8) is 0 Å². The first-order chi connectivity index (χ1) is 15.5. The molecule has 1 aromatic heterocycles. The van der Waals surface area contributed by atoms with Gasteiger partial charge in [0.1, 0.15) is 0 Å². The second kappa shape index (κ2) is 8.88. The number of benzene rings is 3. The lowest BCUT2D eigenvalue weighted by Crippen LogP contribution is -2.23. The lowest BCUT2D eigenvalue weighted by atomic mass is 10.0. The van der Waals surface area contributed by atoms with E-state index in [-0.39, 0.29) is 10.9 Å². The van der Waals surface area contributed by atoms with Gasteiger partial charge in [-0.2, -0.15) is 13.7 Å². The zero-order valence-electron chi connectivity index (χ0n) is 16.8. The third-order valence-electron chi connectivity index (χ3n) is 4.83. The van der Waals surface area contributed by atoms with Crippen LogP contribution in [0.4, 0.5) is 5.69 Å². The van der Waals surface area contributed by atoms with E-state index in [0.717, 1.165) is 10.9 Å². The summed E-state index contributed by atoms with van der Waals surface area (Å²) in [6, 6.07) is 24.0. The molecule has 0 fully saturated rings. The number of fused-ring (bicyclic) bond motifs is 1. The van der Waals surface area contributed by atoms with Crippen molar-refractivity contribution in [1.82, 2.24) is 10.3 Å². The number of hydrogen-bond acceptors (Lipinski definition) is 5. The van der Waals surface area contributed by atoms with E-state index in [1.54, 1.807) is 66.7 Å². The first-order valence-electron chi connectivity index (χ1n) is 9.70. The van der Waals surface area contributed by atoms with Gasteiger partial charge in [0.2, 0.25) is 0 Å². The second-order valence-corrected chi connectivity index (χ2v) is 8.64. The summed E-state index contributed by atoms with van der Waals surface area (Å²) in [7, 11) is -3.81. The standard InChI is InChI=1S/C24H18N4O3S/c25-15-17-7-9-18(10-8-17)16-27-24(29)22-5-3-4-19-14-20(11-12-21(19)22)28-32(30,31)23-6-1-2-13-26-23/h1-14,28H,16H2,(H,27,29). The highest BCUT2D eigenvalue weighted by molar-refractivity contribution is 7.92. The summed E-state index contributed by atoms with van der Waals surface area (Å²) in [6.07, 6.45) is 1.41. The summed E-state index contributed by atoms with van der Waals surface area (Å²) < 4.78 is 27.6. The van der Waals surface area contributed by atoms with Gasteiger partial charge in [-0.3, -0.25) is 9.52 Å². The molecule has 0 spiro atoms. The Morgan fingerprint density at radius 2 is 1.78 bits per heavy atom. The van der Waals surface area contributed by atoms with Gasteiger partial charge in [0.05, 0.1) is 11.6 Å². The number of amides is 1. The molecule has 0 bridgehead atoms. The Kier molecular flexibility index (Phi) is 5.83. The molecule has 0 aliphatic rings. The quantitative estimate of drug-likeness (QED) is 0.471. The Balaban J connectivity index is 1.53. The number of aromatic nitrogens is 1. The summed E-state index contributed by atoms with van der Waals surface area (Å²) in [5.74, 6) is -0.248. The van der Waals surface area contributed by atoms with E-state index < -0.39 is 10.0 Å². The largest absolute Gasteiger partial charge is 0.348 e. The summed E-state index contributed by atoms with van der Waals surface area (Å²) in [4.78, 5) is 16.7. The van der Waals surface area contributed by atoms with Crippen LogP contribution in [0.15, 0.2) is 90.1 Å². The van der Waals surface area contributed by atoms with Gasteiger partial charge in [-0.15, -0.1) is 0 Å². The van der Waals surface area contributed by atoms with E-state index in [1.807, 2.05) is 6.07 Å². The van der Waals surface area contributed by atoms with Crippen LogP contribution < -0.4 is 10.0 Å². The van der Waals surface area contributed by atoms with Gasteiger partial charge in [0.25, 0.3) is 15.9 Å². The first-order valence-corrected chi connectivity index (χ1v) is 11.2. The summed E-state index contributed by atoms with van der Waals surface area (Å²) in [6.45, 7) is 0.322. The molecule has 0 saturated heterocycles. The molecule has 1 heterocycles. The number of nitriles is 1. The summed E-state index contributed by atoms with van der Waals surface area (Å²) in [5, 5.41) is 13.1. The Labute approximate surface area is 185 Å². The molecule has 0 unspecified atom stereocenters. The van der Waals surface area contributed by atoms with Crippen molar-refractivity contribution in [2.45, 2.75) is 11.6 Å². The number of anilines is 1. The average molecular weight is 443 g/mol. The van der Waals surface area contributed by atoms with Gasteiger partial charge in [0.15, 0.2) is 5.03 Å². The molecular weight excluding hydrogens is 424 g/mol. The predicted molar refractivity (Wildman–Crippen MR) is 121 cm³/mol. The van der Waals surface area contributed by atoms with Gasteiger partial charge in [-0.05, 0) is 58.8 Å². The van der Waals surface area contributed by atoms with Crippen molar-refractivity contribution in [1.29, 1.82) is 5.26 Å². The van der Waals surface area contributed by atoms with Crippen LogP contribution in [0.5, 0.6) is 0 Å². The van der Waals surface area contributed by atoms with Crippen molar-refractivity contribution in [2.24, 2.45) is 0 Å². The highest BCUT2D eigenvalue weighted by atomic mass is 32.2. The number of pyridine rings is 1.